The average molecular weight is 323 g/mol. The summed E-state index contributed by atoms with van der Waals surface area (Å²) in [6.07, 6.45) is 9.39. The minimum atomic E-state index is -0.393. The van der Waals surface area contributed by atoms with Crippen molar-refractivity contribution in [2.45, 2.75) is 38.0 Å². The Morgan fingerprint density at radius 2 is 1.54 bits per heavy atom. The second-order valence-corrected chi connectivity index (χ2v) is 6.11. The van der Waals surface area contributed by atoms with Gasteiger partial charge in [-0.1, -0.05) is 31.4 Å². The van der Waals surface area contributed by atoms with Gasteiger partial charge in [0.2, 0.25) is 0 Å². The zero-order valence-corrected chi connectivity index (χ0v) is 13.5. The minimum Gasteiger partial charge on any atom is -0.267 e. The highest BCUT2D eigenvalue weighted by Gasteiger charge is 2.16. The maximum absolute atomic E-state index is 12.1. The lowest BCUT2D eigenvalue weighted by Gasteiger charge is -2.22. The molecule has 124 valence electrons. The fourth-order valence-corrected chi connectivity index (χ4v) is 3.10. The third-order valence-electron chi connectivity index (χ3n) is 4.46. The molecule has 1 fully saturated rings. The van der Waals surface area contributed by atoms with Crippen LogP contribution in [0.1, 0.15) is 64.3 Å². The van der Waals surface area contributed by atoms with Crippen molar-refractivity contribution in [2.75, 3.05) is 0 Å². The van der Waals surface area contributed by atoms with Gasteiger partial charge in [-0.15, -0.1) is 0 Å². The third-order valence-corrected chi connectivity index (χ3v) is 4.46. The number of nitrogens with zero attached hydrogens (tertiary/aromatic N) is 1. The van der Waals surface area contributed by atoms with Crippen LogP contribution in [-0.4, -0.2) is 16.8 Å². The molecule has 0 saturated heterocycles. The molecule has 1 heterocycles. The van der Waals surface area contributed by atoms with E-state index < -0.39 is 5.91 Å². The van der Waals surface area contributed by atoms with Crippen molar-refractivity contribution in [3.63, 3.8) is 0 Å². The second-order valence-electron chi connectivity index (χ2n) is 6.11. The maximum Gasteiger partial charge on any atom is 0.271 e. The van der Waals surface area contributed by atoms with Gasteiger partial charge in [0.15, 0.2) is 0 Å². The van der Waals surface area contributed by atoms with Crippen molar-refractivity contribution >= 4 is 11.8 Å². The van der Waals surface area contributed by atoms with E-state index in [0.29, 0.717) is 17.0 Å². The number of aromatic nitrogens is 1. The van der Waals surface area contributed by atoms with E-state index in [4.69, 9.17) is 0 Å². The predicted octanol–water partition coefficient (Wildman–Crippen LogP) is 3.20. The lowest BCUT2D eigenvalue weighted by molar-refractivity contribution is 0.0846. The van der Waals surface area contributed by atoms with Crippen LogP contribution in [-0.2, 0) is 0 Å². The molecule has 5 nitrogen and oxygen atoms in total. The van der Waals surface area contributed by atoms with Gasteiger partial charge < -0.3 is 0 Å². The van der Waals surface area contributed by atoms with E-state index >= 15 is 0 Å². The topological polar surface area (TPSA) is 71.1 Å². The normalized spacial score (nSPS) is 14.8. The zero-order chi connectivity index (χ0) is 16.8. The first-order valence-electron chi connectivity index (χ1n) is 8.35. The lowest BCUT2D eigenvalue weighted by atomic mass is 9.84. The molecule has 0 bridgehead atoms. The van der Waals surface area contributed by atoms with Gasteiger partial charge in [0.1, 0.15) is 0 Å². The highest BCUT2D eigenvalue weighted by Crippen LogP contribution is 2.32. The van der Waals surface area contributed by atoms with Crippen molar-refractivity contribution in [1.29, 1.82) is 0 Å². The summed E-state index contributed by atoms with van der Waals surface area (Å²) in [5, 5.41) is 0. The SMILES string of the molecule is O=C(NNC(=O)c1cccnc1)c1ccc(C2CCCCC2)cc1. The Morgan fingerprint density at radius 3 is 2.17 bits per heavy atom. The van der Waals surface area contributed by atoms with Crippen LogP contribution in [0.25, 0.3) is 0 Å². The molecular formula is C19H21N3O2. The molecule has 0 aliphatic heterocycles. The van der Waals surface area contributed by atoms with Crippen LogP contribution in [0, 0.1) is 0 Å². The molecule has 0 unspecified atom stereocenters. The fourth-order valence-electron chi connectivity index (χ4n) is 3.10. The van der Waals surface area contributed by atoms with E-state index in [1.54, 1.807) is 18.3 Å². The molecule has 2 N–H and O–H groups in total. The Hall–Kier alpha value is -2.69. The van der Waals surface area contributed by atoms with Crippen LogP contribution in [0.15, 0.2) is 48.8 Å². The second kappa shape index (κ2) is 7.73. The number of nitrogens with one attached hydrogen (secondary N) is 2. The largest absolute Gasteiger partial charge is 0.271 e. The number of pyridine rings is 1. The minimum absolute atomic E-state index is 0.331. The number of carbonyl (C=O) groups excluding carboxylic acids is 2. The van der Waals surface area contributed by atoms with Crippen molar-refractivity contribution in [2.24, 2.45) is 0 Å². The van der Waals surface area contributed by atoms with Gasteiger partial charge in [0, 0.05) is 18.0 Å². The van der Waals surface area contributed by atoms with Crippen LogP contribution in [0.2, 0.25) is 0 Å². The third kappa shape index (κ3) is 3.98. The molecular weight excluding hydrogens is 302 g/mol. The molecule has 0 spiro atoms. The molecule has 1 aromatic heterocycles. The van der Waals surface area contributed by atoms with E-state index in [1.165, 1.54) is 43.9 Å². The van der Waals surface area contributed by atoms with Gasteiger partial charge in [-0.25, -0.2) is 0 Å². The summed E-state index contributed by atoms with van der Waals surface area (Å²) in [7, 11) is 0. The number of benzene rings is 1. The summed E-state index contributed by atoms with van der Waals surface area (Å²) in [4.78, 5) is 27.9. The summed E-state index contributed by atoms with van der Waals surface area (Å²) in [6.45, 7) is 0. The van der Waals surface area contributed by atoms with E-state index in [-0.39, 0.29) is 5.91 Å². The highest BCUT2D eigenvalue weighted by atomic mass is 16.2. The van der Waals surface area contributed by atoms with Crippen molar-refractivity contribution < 1.29 is 9.59 Å². The first-order valence-corrected chi connectivity index (χ1v) is 8.35. The number of amides is 2. The van der Waals surface area contributed by atoms with Gasteiger partial charge >= 0.3 is 0 Å². The standard InChI is InChI=1S/C19H21N3O2/c23-18(21-22-19(24)17-7-4-12-20-13-17)16-10-8-15(9-11-16)14-5-2-1-3-6-14/h4,7-14H,1-3,5-6H2,(H,21,23)(H,22,24). The van der Waals surface area contributed by atoms with E-state index in [9.17, 15) is 9.59 Å². The van der Waals surface area contributed by atoms with Crippen molar-refractivity contribution in [3.05, 3.63) is 65.5 Å². The maximum atomic E-state index is 12.1. The number of hydrazine groups is 1. The first kappa shape index (κ1) is 16.2. The number of hydrogen-bond acceptors (Lipinski definition) is 3. The van der Waals surface area contributed by atoms with Gasteiger partial charge in [0.25, 0.3) is 11.8 Å². The first-order chi connectivity index (χ1) is 11.7. The highest BCUT2D eigenvalue weighted by molar-refractivity contribution is 5.98. The van der Waals surface area contributed by atoms with Gasteiger partial charge in [-0.2, -0.15) is 0 Å². The zero-order valence-electron chi connectivity index (χ0n) is 13.5. The summed E-state index contributed by atoms with van der Waals surface area (Å²) in [5.41, 5.74) is 7.05. The fraction of sp³-hybridized carbons (Fsp3) is 0.316. The molecule has 2 aromatic rings. The molecule has 5 heteroatoms. The Labute approximate surface area is 141 Å². The molecule has 1 saturated carbocycles. The number of carbonyl (C=O) groups is 2. The van der Waals surface area contributed by atoms with Crippen LogP contribution in [0.5, 0.6) is 0 Å². The molecule has 0 radical (unpaired) electrons. The summed E-state index contributed by atoms with van der Waals surface area (Å²) < 4.78 is 0. The monoisotopic (exact) mass is 323 g/mol. The molecule has 2 amide bonds. The van der Waals surface area contributed by atoms with Crippen LogP contribution < -0.4 is 10.9 Å². The summed E-state index contributed by atoms with van der Waals surface area (Å²) >= 11 is 0. The van der Waals surface area contributed by atoms with E-state index in [1.807, 2.05) is 24.3 Å². The lowest BCUT2D eigenvalue weighted by Crippen LogP contribution is -2.41. The average Bonchev–Trinajstić information content (AvgIpc) is 2.67. The van der Waals surface area contributed by atoms with Crippen molar-refractivity contribution in [3.8, 4) is 0 Å². The molecule has 24 heavy (non-hydrogen) atoms. The van der Waals surface area contributed by atoms with E-state index in [2.05, 4.69) is 15.8 Å². The Morgan fingerprint density at radius 1 is 0.875 bits per heavy atom. The van der Waals surface area contributed by atoms with Crippen LogP contribution in [0.3, 0.4) is 0 Å². The Balaban J connectivity index is 1.56. The summed E-state index contributed by atoms with van der Waals surface area (Å²) in [6, 6.07) is 11.0. The number of rotatable bonds is 3. The Kier molecular flexibility index (Phi) is 5.21. The molecule has 0 atom stereocenters. The summed E-state index contributed by atoms with van der Waals surface area (Å²) in [5.74, 6) is -0.112. The predicted molar refractivity (Wildman–Crippen MR) is 91.4 cm³/mol. The molecule has 1 aromatic carbocycles. The Bertz CT molecular complexity index is 692. The van der Waals surface area contributed by atoms with E-state index in [0.717, 1.165) is 0 Å². The van der Waals surface area contributed by atoms with Crippen LogP contribution >= 0.6 is 0 Å². The van der Waals surface area contributed by atoms with Crippen molar-refractivity contribution in [1.82, 2.24) is 15.8 Å². The molecule has 1 aliphatic carbocycles. The van der Waals surface area contributed by atoms with Gasteiger partial charge in [0.05, 0.1) is 5.56 Å². The van der Waals surface area contributed by atoms with Gasteiger partial charge in [-0.3, -0.25) is 25.4 Å². The van der Waals surface area contributed by atoms with Gasteiger partial charge in [-0.05, 0) is 48.6 Å². The molecule has 1 aliphatic rings. The quantitative estimate of drug-likeness (QED) is 0.852. The van der Waals surface area contributed by atoms with Crippen LogP contribution in [0.4, 0.5) is 0 Å². The molecule has 3 rings (SSSR count). The number of hydrogen-bond donors (Lipinski definition) is 2. The smallest absolute Gasteiger partial charge is 0.267 e.